The Morgan fingerprint density at radius 2 is 0.758 bits per heavy atom. The quantitative estimate of drug-likeness (QED) is 0.161. The zero-order chi connectivity index (χ0) is 41.0. The molecule has 5 heteroatoms. The maximum atomic E-state index is 6.97. The van der Waals surface area contributed by atoms with Crippen LogP contribution < -0.4 is 0 Å². The topological polar surface area (TPSA) is 56.7 Å². The van der Waals surface area contributed by atoms with Crippen molar-refractivity contribution in [2.75, 3.05) is 0 Å². The molecule has 12 aromatic rings. The summed E-state index contributed by atoms with van der Waals surface area (Å²) in [4.78, 5) is 15.2. The summed E-state index contributed by atoms with van der Waals surface area (Å²) in [6.07, 6.45) is 0. The van der Waals surface area contributed by atoms with Gasteiger partial charge in [-0.1, -0.05) is 170 Å². The fourth-order valence-electron chi connectivity index (χ4n) is 8.82. The van der Waals surface area contributed by atoms with Crippen LogP contribution in [0.25, 0.3) is 117 Å². The summed E-state index contributed by atoms with van der Waals surface area (Å²) in [5.74, 6) is 1.80. The van der Waals surface area contributed by atoms with Crippen molar-refractivity contribution < 1.29 is 4.42 Å². The van der Waals surface area contributed by atoms with E-state index in [0.29, 0.717) is 17.5 Å². The number of nitrogens with zero attached hydrogens (tertiary/aromatic N) is 4. The van der Waals surface area contributed by atoms with Gasteiger partial charge in [0.05, 0.1) is 11.0 Å². The molecule has 0 aliphatic carbocycles. The molecule has 0 saturated carbocycles. The Hall–Kier alpha value is -8.41. The number of hydrogen-bond acceptors (Lipinski definition) is 4. The van der Waals surface area contributed by atoms with E-state index in [0.717, 1.165) is 77.4 Å². The Morgan fingerprint density at radius 3 is 1.40 bits per heavy atom. The third-order valence-corrected chi connectivity index (χ3v) is 11.9. The molecule has 9 aromatic carbocycles. The minimum Gasteiger partial charge on any atom is -0.454 e. The molecule has 0 atom stereocenters. The lowest BCUT2D eigenvalue weighted by Gasteiger charge is -2.10. The molecule has 0 unspecified atom stereocenters. The predicted molar refractivity (Wildman–Crippen MR) is 254 cm³/mol. The molecule has 5 nitrogen and oxygen atoms in total. The van der Waals surface area contributed by atoms with Crippen LogP contribution in [0.4, 0.5) is 0 Å². The van der Waals surface area contributed by atoms with Gasteiger partial charge in [-0.05, 0) is 81.9 Å². The number of rotatable bonds is 7. The zero-order valence-electron chi connectivity index (χ0n) is 33.5. The summed E-state index contributed by atoms with van der Waals surface area (Å²) >= 11 is 0. The van der Waals surface area contributed by atoms with Gasteiger partial charge in [-0.25, -0.2) is 15.0 Å². The standard InChI is InChI=1S/C57H36N4O/c1-4-14-37(15-5-1)41-20-12-21-42(34-41)39-26-29-46(30-27-39)61-51-25-11-10-24-47(51)49-32-33-50-48-31-28-45(36-52(48)62-54(50)53(49)61)57-59-55(40-18-8-3-9-19-40)58-56(60-57)44-23-13-22-43(35-44)38-16-6-2-7-17-38/h1-36H. The molecule has 0 spiro atoms. The number of para-hydroxylation sites is 1. The van der Waals surface area contributed by atoms with Crippen LogP contribution in [0.3, 0.4) is 0 Å². The van der Waals surface area contributed by atoms with Gasteiger partial charge in [-0.15, -0.1) is 0 Å². The molecule has 0 radical (unpaired) electrons. The van der Waals surface area contributed by atoms with Gasteiger partial charge in [-0.3, -0.25) is 0 Å². The highest BCUT2D eigenvalue weighted by Gasteiger charge is 2.20. The Morgan fingerprint density at radius 1 is 0.306 bits per heavy atom. The van der Waals surface area contributed by atoms with Crippen LogP contribution in [-0.2, 0) is 0 Å². The lowest BCUT2D eigenvalue weighted by molar-refractivity contribution is 0.671. The average Bonchev–Trinajstić information content (AvgIpc) is 3.90. The first kappa shape index (κ1) is 35.5. The highest BCUT2D eigenvalue weighted by Crippen LogP contribution is 2.41. The SMILES string of the molecule is c1ccc(-c2cccc(-c3ccc(-n4c5ccccc5c5ccc6c7ccc(-c8nc(-c9ccccc9)nc(-c9cccc(-c%10ccccc%10)c9)n8)cc7oc6c54)cc3)c2)cc1. The van der Waals surface area contributed by atoms with E-state index in [9.17, 15) is 0 Å². The van der Waals surface area contributed by atoms with Crippen LogP contribution in [0.15, 0.2) is 223 Å². The van der Waals surface area contributed by atoms with Crippen LogP contribution in [0.5, 0.6) is 0 Å². The maximum Gasteiger partial charge on any atom is 0.164 e. The molecule has 0 bridgehead atoms. The van der Waals surface area contributed by atoms with Gasteiger partial charge in [0.1, 0.15) is 5.58 Å². The van der Waals surface area contributed by atoms with Gasteiger partial charge >= 0.3 is 0 Å². The minimum absolute atomic E-state index is 0.579. The van der Waals surface area contributed by atoms with Crippen LogP contribution in [0.1, 0.15) is 0 Å². The number of aromatic nitrogens is 4. The van der Waals surface area contributed by atoms with Crippen molar-refractivity contribution >= 4 is 43.7 Å². The highest BCUT2D eigenvalue weighted by atomic mass is 16.3. The van der Waals surface area contributed by atoms with E-state index in [1.807, 2.05) is 36.4 Å². The molecule has 290 valence electrons. The molecular formula is C57H36N4O. The monoisotopic (exact) mass is 792 g/mol. The van der Waals surface area contributed by atoms with Gasteiger partial charge in [0.25, 0.3) is 0 Å². The van der Waals surface area contributed by atoms with Crippen molar-refractivity contribution in [3.05, 3.63) is 218 Å². The lowest BCUT2D eigenvalue weighted by Crippen LogP contribution is -2.00. The highest BCUT2D eigenvalue weighted by molar-refractivity contribution is 6.21. The molecule has 0 saturated heterocycles. The fourth-order valence-corrected chi connectivity index (χ4v) is 8.82. The Bertz CT molecular complexity index is 3610. The van der Waals surface area contributed by atoms with Crippen molar-refractivity contribution in [3.63, 3.8) is 0 Å². The first-order valence-corrected chi connectivity index (χ1v) is 20.8. The summed E-state index contributed by atoms with van der Waals surface area (Å²) in [5, 5.41) is 4.40. The summed E-state index contributed by atoms with van der Waals surface area (Å²) in [6.45, 7) is 0. The van der Waals surface area contributed by atoms with Gasteiger partial charge in [-0.2, -0.15) is 0 Å². The fraction of sp³-hybridized carbons (Fsp3) is 0. The molecule has 62 heavy (non-hydrogen) atoms. The van der Waals surface area contributed by atoms with E-state index in [1.165, 1.54) is 22.1 Å². The second-order valence-electron chi connectivity index (χ2n) is 15.6. The Labute approximate surface area is 357 Å². The molecule has 3 heterocycles. The maximum absolute atomic E-state index is 6.97. The van der Waals surface area contributed by atoms with Crippen molar-refractivity contribution in [1.29, 1.82) is 0 Å². The Kier molecular flexibility index (Phi) is 8.42. The van der Waals surface area contributed by atoms with Crippen LogP contribution >= 0.6 is 0 Å². The van der Waals surface area contributed by atoms with E-state index in [2.05, 4.69) is 187 Å². The number of fused-ring (bicyclic) bond motifs is 7. The molecule has 3 aromatic heterocycles. The molecular weight excluding hydrogens is 757 g/mol. The van der Waals surface area contributed by atoms with Crippen LogP contribution in [0, 0.1) is 0 Å². The third-order valence-electron chi connectivity index (χ3n) is 11.9. The summed E-state index contributed by atoms with van der Waals surface area (Å²) < 4.78 is 9.31. The molecule has 0 N–H and O–H groups in total. The van der Waals surface area contributed by atoms with E-state index < -0.39 is 0 Å². The van der Waals surface area contributed by atoms with Crippen molar-refractivity contribution in [3.8, 4) is 73.2 Å². The van der Waals surface area contributed by atoms with E-state index in [-0.39, 0.29) is 0 Å². The largest absolute Gasteiger partial charge is 0.454 e. The second kappa shape index (κ2) is 14.7. The molecule has 0 fully saturated rings. The normalized spacial score (nSPS) is 11.5. The first-order chi connectivity index (χ1) is 30.7. The van der Waals surface area contributed by atoms with Gasteiger partial charge in [0, 0.05) is 43.9 Å². The molecule has 0 amide bonds. The Balaban J connectivity index is 0.986. The molecule has 0 aliphatic rings. The van der Waals surface area contributed by atoms with E-state index >= 15 is 0 Å². The van der Waals surface area contributed by atoms with Gasteiger partial charge in [0.2, 0.25) is 0 Å². The molecule has 0 aliphatic heterocycles. The van der Waals surface area contributed by atoms with Crippen molar-refractivity contribution in [2.24, 2.45) is 0 Å². The van der Waals surface area contributed by atoms with Gasteiger partial charge in [0.15, 0.2) is 23.1 Å². The van der Waals surface area contributed by atoms with Gasteiger partial charge < -0.3 is 8.98 Å². The smallest absolute Gasteiger partial charge is 0.164 e. The number of furan rings is 1. The van der Waals surface area contributed by atoms with Crippen molar-refractivity contribution in [2.45, 2.75) is 0 Å². The summed E-state index contributed by atoms with van der Waals surface area (Å²) in [7, 11) is 0. The number of benzene rings is 9. The number of hydrogen-bond donors (Lipinski definition) is 0. The third kappa shape index (κ3) is 6.14. The summed E-state index contributed by atoms with van der Waals surface area (Å²) in [5.41, 5.74) is 14.5. The van der Waals surface area contributed by atoms with Crippen LogP contribution in [-0.4, -0.2) is 19.5 Å². The first-order valence-electron chi connectivity index (χ1n) is 20.8. The van der Waals surface area contributed by atoms with E-state index in [4.69, 9.17) is 19.4 Å². The second-order valence-corrected chi connectivity index (χ2v) is 15.6. The predicted octanol–water partition coefficient (Wildman–Crippen LogP) is 14.9. The zero-order valence-corrected chi connectivity index (χ0v) is 33.5. The minimum atomic E-state index is 0.579. The van der Waals surface area contributed by atoms with E-state index in [1.54, 1.807) is 0 Å². The van der Waals surface area contributed by atoms with Crippen molar-refractivity contribution in [1.82, 2.24) is 19.5 Å². The lowest BCUT2D eigenvalue weighted by atomic mass is 9.99. The molecule has 12 rings (SSSR count). The summed E-state index contributed by atoms with van der Waals surface area (Å²) in [6, 6.07) is 76.3. The van der Waals surface area contributed by atoms with Crippen LogP contribution in [0.2, 0.25) is 0 Å². The average molecular weight is 793 g/mol.